The summed E-state index contributed by atoms with van der Waals surface area (Å²) < 4.78 is 11.7. The molecule has 0 saturated carbocycles. The fourth-order valence-electron chi connectivity index (χ4n) is 3.31. The van der Waals surface area contributed by atoms with Gasteiger partial charge in [0.25, 0.3) is 5.56 Å². The van der Waals surface area contributed by atoms with Crippen molar-refractivity contribution in [1.29, 1.82) is 0 Å². The van der Waals surface area contributed by atoms with E-state index in [0.29, 0.717) is 31.3 Å². The van der Waals surface area contributed by atoms with Crippen LogP contribution in [0.15, 0.2) is 40.7 Å². The van der Waals surface area contributed by atoms with Gasteiger partial charge in [0.05, 0.1) is 6.61 Å². The molecule has 1 atom stereocenters. The molecule has 2 aromatic rings. The molecule has 1 aromatic heterocycles. The molecule has 0 radical (unpaired) electrons. The molecule has 6 nitrogen and oxygen atoms in total. The molecule has 1 unspecified atom stereocenters. The molecule has 0 spiro atoms. The molecule has 0 aliphatic carbocycles. The minimum absolute atomic E-state index is 0.136. The van der Waals surface area contributed by atoms with Crippen LogP contribution in [0.25, 0.3) is 6.08 Å². The summed E-state index contributed by atoms with van der Waals surface area (Å²) in [5, 5.41) is 0. The quantitative estimate of drug-likeness (QED) is 0.925. The first-order valence-corrected chi connectivity index (χ1v) is 8.50. The third kappa shape index (κ3) is 3.65. The lowest BCUT2D eigenvalue weighted by Crippen LogP contribution is -2.41. The lowest BCUT2D eigenvalue weighted by Gasteiger charge is -2.33. The molecule has 0 bridgehead atoms. The van der Waals surface area contributed by atoms with E-state index >= 15 is 0 Å². The molecule has 6 heteroatoms. The van der Waals surface area contributed by atoms with Crippen molar-refractivity contribution in [2.24, 2.45) is 0 Å². The smallest absolute Gasteiger partial charge is 0.251 e. The van der Waals surface area contributed by atoms with Gasteiger partial charge in [-0.25, -0.2) is 4.98 Å². The van der Waals surface area contributed by atoms with Gasteiger partial charge in [0.1, 0.15) is 24.3 Å². The maximum atomic E-state index is 11.7. The molecule has 2 aliphatic heterocycles. The number of aromatic nitrogens is 2. The Morgan fingerprint density at radius 3 is 3.12 bits per heavy atom. The van der Waals surface area contributed by atoms with E-state index in [1.54, 1.807) is 0 Å². The average Bonchev–Trinajstić information content (AvgIpc) is 2.61. The van der Waals surface area contributed by atoms with Crippen LogP contribution in [0.3, 0.4) is 0 Å². The molecule has 2 aliphatic rings. The van der Waals surface area contributed by atoms with Crippen LogP contribution in [0.5, 0.6) is 5.75 Å². The number of para-hydroxylation sites is 1. The second kappa shape index (κ2) is 6.82. The van der Waals surface area contributed by atoms with Crippen molar-refractivity contribution in [1.82, 2.24) is 14.9 Å². The van der Waals surface area contributed by atoms with Crippen LogP contribution in [0.2, 0.25) is 0 Å². The highest BCUT2D eigenvalue weighted by Gasteiger charge is 2.25. The summed E-state index contributed by atoms with van der Waals surface area (Å²) in [6.07, 6.45) is 1.99. The number of aryl methyl sites for hydroxylation is 1. The molecule has 0 amide bonds. The van der Waals surface area contributed by atoms with Gasteiger partial charge >= 0.3 is 0 Å². The lowest BCUT2D eigenvalue weighted by molar-refractivity contribution is -0.0319. The van der Waals surface area contributed by atoms with Crippen molar-refractivity contribution in [2.75, 3.05) is 32.8 Å². The number of ether oxygens (including phenoxy) is 2. The van der Waals surface area contributed by atoms with E-state index in [-0.39, 0.29) is 11.7 Å². The summed E-state index contributed by atoms with van der Waals surface area (Å²) in [6, 6.07) is 9.56. The Balaban J connectivity index is 1.47. The molecule has 25 heavy (non-hydrogen) atoms. The highest BCUT2D eigenvalue weighted by Crippen LogP contribution is 2.27. The molecule has 3 heterocycles. The first-order valence-electron chi connectivity index (χ1n) is 8.50. The maximum Gasteiger partial charge on any atom is 0.251 e. The molecule has 1 fully saturated rings. The minimum Gasteiger partial charge on any atom is -0.489 e. The SMILES string of the molecule is Cc1cc(=O)[nH]c(C2CN(CC3=Cc4ccccc4OC3)CCO2)n1. The summed E-state index contributed by atoms with van der Waals surface area (Å²) in [4.78, 5) is 21.2. The van der Waals surface area contributed by atoms with Crippen molar-refractivity contribution in [2.45, 2.75) is 13.0 Å². The van der Waals surface area contributed by atoms with Crippen LogP contribution in [-0.2, 0) is 4.74 Å². The highest BCUT2D eigenvalue weighted by molar-refractivity contribution is 5.62. The fraction of sp³-hybridized carbons (Fsp3) is 0.368. The summed E-state index contributed by atoms with van der Waals surface area (Å²) in [7, 11) is 0. The maximum absolute atomic E-state index is 11.7. The largest absolute Gasteiger partial charge is 0.489 e. The van der Waals surface area contributed by atoms with E-state index in [2.05, 4.69) is 27.0 Å². The van der Waals surface area contributed by atoms with Gasteiger partial charge in [-0.1, -0.05) is 18.2 Å². The third-order valence-corrected chi connectivity index (χ3v) is 4.46. The van der Waals surface area contributed by atoms with Gasteiger partial charge < -0.3 is 14.5 Å². The number of H-pyrrole nitrogens is 1. The van der Waals surface area contributed by atoms with E-state index in [1.165, 1.54) is 11.6 Å². The van der Waals surface area contributed by atoms with E-state index in [9.17, 15) is 4.79 Å². The van der Waals surface area contributed by atoms with Crippen LogP contribution in [-0.4, -0.2) is 47.7 Å². The van der Waals surface area contributed by atoms with Gasteiger partial charge in [0.15, 0.2) is 0 Å². The Labute approximate surface area is 146 Å². The molecule has 1 N–H and O–H groups in total. The van der Waals surface area contributed by atoms with Gasteiger partial charge in [0, 0.05) is 37.0 Å². The number of rotatable bonds is 3. The zero-order valence-corrected chi connectivity index (χ0v) is 14.2. The first-order chi connectivity index (χ1) is 12.2. The van der Waals surface area contributed by atoms with Gasteiger partial charge in [0.2, 0.25) is 0 Å². The first kappa shape index (κ1) is 16.1. The minimum atomic E-state index is -0.209. The topological polar surface area (TPSA) is 67.5 Å². The predicted octanol–water partition coefficient (Wildman–Crippen LogP) is 1.93. The van der Waals surface area contributed by atoms with Crippen LogP contribution in [0, 0.1) is 6.92 Å². The normalized spacial score (nSPS) is 20.5. The molecular formula is C19H21N3O3. The number of benzene rings is 1. The number of aromatic amines is 1. The average molecular weight is 339 g/mol. The number of morpholine rings is 1. The number of hydrogen-bond acceptors (Lipinski definition) is 5. The van der Waals surface area contributed by atoms with E-state index in [4.69, 9.17) is 9.47 Å². The monoisotopic (exact) mass is 339 g/mol. The summed E-state index contributed by atoms with van der Waals surface area (Å²) in [5.41, 5.74) is 2.94. The second-order valence-corrected chi connectivity index (χ2v) is 6.50. The predicted molar refractivity (Wildman–Crippen MR) is 94.6 cm³/mol. The zero-order chi connectivity index (χ0) is 17.2. The number of nitrogens with zero attached hydrogens (tertiary/aromatic N) is 2. The van der Waals surface area contributed by atoms with Gasteiger partial charge in [-0.15, -0.1) is 0 Å². The van der Waals surface area contributed by atoms with Crippen molar-refractivity contribution in [3.63, 3.8) is 0 Å². The fourth-order valence-corrected chi connectivity index (χ4v) is 3.31. The van der Waals surface area contributed by atoms with Crippen molar-refractivity contribution < 1.29 is 9.47 Å². The Hall–Kier alpha value is -2.44. The Morgan fingerprint density at radius 1 is 1.36 bits per heavy atom. The van der Waals surface area contributed by atoms with Crippen LogP contribution >= 0.6 is 0 Å². The Kier molecular flexibility index (Phi) is 4.38. The van der Waals surface area contributed by atoms with E-state index in [1.807, 2.05) is 25.1 Å². The van der Waals surface area contributed by atoms with Crippen molar-refractivity contribution in [3.8, 4) is 5.75 Å². The number of fused-ring (bicyclic) bond motifs is 1. The second-order valence-electron chi connectivity index (χ2n) is 6.50. The summed E-state index contributed by atoms with van der Waals surface area (Å²) in [6.45, 7) is 5.42. The molecule has 1 aromatic carbocycles. The van der Waals surface area contributed by atoms with Crippen LogP contribution in [0.1, 0.15) is 23.2 Å². The van der Waals surface area contributed by atoms with Gasteiger partial charge in [-0.3, -0.25) is 9.69 Å². The highest BCUT2D eigenvalue weighted by atomic mass is 16.5. The van der Waals surface area contributed by atoms with Crippen LogP contribution in [0.4, 0.5) is 0 Å². The summed E-state index contributed by atoms with van der Waals surface area (Å²) >= 11 is 0. The molecular weight excluding hydrogens is 318 g/mol. The number of hydrogen-bond donors (Lipinski definition) is 1. The van der Waals surface area contributed by atoms with Crippen molar-refractivity contribution >= 4 is 6.08 Å². The van der Waals surface area contributed by atoms with Crippen molar-refractivity contribution in [3.05, 3.63) is 63.3 Å². The zero-order valence-electron chi connectivity index (χ0n) is 14.2. The Bertz CT molecular complexity index is 859. The lowest BCUT2D eigenvalue weighted by atomic mass is 10.1. The summed E-state index contributed by atoms with van der Waals surface area (Å²) in [5.74, 6) is 1.54. The van der Waals surface area contributed by atoms with Crippen LogP contribution < -0.4 is 10.3 Å². The third-order valence-electron chi connectivity index (χ3n) is 4.46. The molecule has 1 saturated heterocycles. The van der Waals surface area contributed by atoms with Gasteiger partial charge in [-0.2, -0.15) is 0 Å². The molecule has 130 valence electrons. The van der Waals surface area contributed by atoms with E-state index < -0.39 is 0 Å². The number of nitrogens with one attached hydrogen (secondary N) is 1. The standard InChI is InChI=1S/C19H21N3O3/c1-13-8-18(23)21-19(20-13)17-11-22(6-7-24-17)10-14-9-15-4-2-3-5-16(15)25-12-14/h2-5,8-9,17H,6-7,10-12H2,1H3,(H,20,21,23). The Morgan fingerprint density at radius 2 is 2.24 bits per heavy atom. The molecule has 4 rings (SSSR count). The van der Waals surface area contributed by atoms with E-state index in [0.717, 1.165) is 24.4 Å². The van der Waals surface area contributed by atoms with Gasteiger partial charge in [-0.05, 0) is 24.6 Å².